The first-order valence-electron chi connectivity index (χ1n) is 12.7. The lowest BCUT2D eigenvalue weighted by Gasteiger charge is -2.34. The predicted molar refractivity (Wildman–Crippen MR) is 159 cm³/mol. The molecule has 0 fully saturated rings. The van der Waals surface area contributed by atoms with Crippen molar-refractivity contribution in [3.05, 3.63) is 93.9 Å². The highest BCUT2D eigenvalue weighted by Crippen LogP contribution is 2.27. The van der Waals surface area contributed by atoms with Crippen molar-refractivity contribution in [3.8, 4) is 0 Å². The Morgan fingerprint density at radius 3 is 2.23 bits per heavy atom. The number of sulfonamides is 1. The van der Waals surface area contributed by atoms with E-state index in [9.17, 15) is 18.0 Å². The molecule has 0 saturated carbocycles. The van der Waals surface area contributed by atoms with Crippen molar-refractivity contribution in [1.82, 2.24) is 10.2 Å². The van der Waals surface area contributed by atoms with Crippen LogP contribution in [0.4, 0.5) is 5.69 Å². The maximum Gasteiger partial charge on any atom is 0.264 e. The lowest BCUT2D eigenvalue weighted by molar-refractivity contribution is -0.140. The Balaban J connectivity index is 2.06. The normalized spacial score (nSPS) is 12.8. The summed E-state index contributed by atoms with van der Waals surface area (Å²) in [5, 5.41) is 3.41. The molecule has 0 heterocycles. The molecule has 0 aliphatic heterocycles. The molecule has 208 valence electrons. The van der Waals surface area contributed by atoms with Gasteiger partial charge in [-0.1, -0.05) is 83.8 Å². The minimum Gasteiger partial charge on any atom is -0.352 e. The van der Waals surface area contributed by atoms with E-state index in [2.05, 4.69) is 21.2 Å². The summed E-state index contributed by atoms with van der Waals surface area (Å²) in [4.78, 5) is 28.8. The van der Waals surface area contributed by atoms with Gasteiger partial charge >= 0.3 is 0 Å². The summed E-state index contributed by atoms with van der Waals surface area (Å²) in [7, 11) is -4.12. The molecule has 2 unspecified atom stereocenters. The second kappa shape index (κ2) is 14.0. The Hall–Kier alpha value is -2.88. The number of amides is 2. The van der Waals surface area contributed by atoms with Crippen LogP contribution in [0.25, 0.3) is 0 Å². The highest BCUT2D eigenvalue weighted by Gasteiger charge is 2.34. The van der Waals surface area contributed by atoms with E-state index in [1.54, 1.807) is 66.7 Å². The molecule has 3 aromatic rings. The van der Waals surface area contributed by atoms with E-state index in [1.807, 2.05) is 20.8 Å². The van der Waals surface area contributed by atoms with Gasteiger partial charge in [-0.3, -0.25) is 13.9 Å². The quantitative estimate of drug-likeness (QED) is 0.264. The van der Waals surface area contributed by atoms with Crippen molar-refractivity contribution in [2.24, 2.45) is 0 Å². The van der Waals surface area contributed by atoms with Crippen molar-refractivity contribution in [1.29, 1.82) is 0 Å². The van der Waals surface area contributed by atoms with Gasteiger partial charge < -0.3 is 10.2 Å². The van der Waals surface area contributed by atoms with E-state index in [1.165, 1.54) is 17.0 Å². The molecule has 39 heavy (non-hydrogen) atoms. The number of benzene rings is 3. The van der Waals surface area contributed by atoms with Gasteiger partial charge in [0.2, 0.25) is 11.8 Å². The van der Waals surface area contributed by atoms with Crippen LogP contribution in [0.2, 0.25) is 5.02 Å². The van der Waals surface area contributed by atoms with Gasteiger partial charge in [0, 0.05) is 22.1 Å². The Kier molecular flexibility index (Phi) is 11.0. The summed E-state index contributed by atoms with van der Waals surface area (Å²) in [5.74, 6) is -0.826. The van der Waals surface area contributed by atoms with E-state index in [0.717, 1.165) is 10.7 Å². The molecule has 0 radical (unpaired) electrons. The van der Waals surface area contributed by atoms with Gasteiger partial charge in [0.05, 0.1) is 10.6 Å². The number of nitrogens with one attached hydrogen (secondary N) is 1. The second-order valence-corrected chi connectivity index (χ2v) is 12.3. The molecule has 3 rings (SSSR count). The molecule has 1 N–H and O–H groups in total. The molecule has 0 aliphatic carbocycles. The lowest BCUT2D eigenvalue weighted by Crippen LogP contribution is -2.53. The maximum atomic E-state index is 14.1. The third kappa shape index (κ3) is 7.84. The standard InChI is InChI=1S/C29H33BrClN3O4S/c1-4-21(3)32-29(36)27(5-2)33(19-22-12-9-10-17-26(22)31)28(35)20-34(24-14-11-13-23(30)18-24)39(37,38)25-15-7-6-8-16-25/h6-18,21,27H,4-5,19-20H2,1-3H3,(H,32,36). The minimum absolute atomic E-state index is 0.0443. The monoisotopic (exact) mass is 633 g/mol. The number of rotatable bonds is 12. The molecule has 0 aromatic heterocycles. The lowest BCUT2D eigenvalue weighted by atomic mass is 10.1. The number of carbonyl (C=O) groups excluding carboxylic acids is 2. The summed E-state index contributed by atoms with van der Waals surface area (Å²) >= 11 is 9.83. The van der Waals surface area contributed by atoms with Gasteiger partial charge in [0.25, 0.3) is 10.0 Å². The molecule has 3 aromatic carbocycles. The Morgan fingerprint density at radius 1 is 0.949 bits per heavy atom. The number of carbonyl (C=O) groups is 2. The Morgan fingerprint density at radius 2 is 1.62 bits per heavy atom. The van der Waals surface area contributed by atoms with Crippen LogP contribution >= 0.6 is 27.5 Å². The smallest absolute Gasteiger partial charge is 0.264 e. The summed E-state index contributed by atoms with van der Waals surface area (Å²) < 4.78 is 29.4. The van der Waals surface area contributed by atoms with E-state index < -0.39 is 28.5 Å². The fourth-order valence-electron chi connectivity index (χ4n) is 4.05. The third-order valence-corrected chi connectivity index (χ3v) is 9.04. The van der Waals surface area contributed by atoms with E-state index >= 15 is 0 Å². The largest absolute Gasteiger partial charge is 0.352 e. The number of hydrogen-bond acceptors (Lipinski definition) is 4. The van der Waals surface area contributed by atoms with E-state index in [4.69, 9.17) is 11.6 Å². The van der Waals surface area contributed by atoms with Crippen LogP contribution < -0.4 is 9.62 Å². The van der Waals surface area contributed by atoms with Gasteiger partial charge in [-0.25, -0.2) is 8.42 Å². The van der Waals surface area contributed by atoms with Crippen LogP contribution in [-0.2, 0) is 26.2 Å². The van der Waals surface area contributed by atoms with Crippen molar-refractivity contribution < 1.29 is 18.0 Å². The molecular weight excluding hydrogens is 602 g/mol. The number of hydrogen-bond donors (Lipinski definition) is 1. The molecule has 2 atom stereocenters. The third-order valence-electron chi connectivity index (χ3n) is 6.39. The van der Waals surface area contributed by atoms with E-state index in [-0.39, 0.29) is 23.4 Å². The topological polar surface area (TPSA) is 86.8 Å². The average molecular weight is 635 g/mol. The highest BCUT2D eigenvalue weighted by molar-refractivity contribution is 9.10. The summed E-state index contributed by atoms with van der Waals surface area (Å²) in [6.07, 6.45) is 1.06. The van der Waals surface area contributed by atoms with Crippen molar-refractivity contribution in [2.75, 3.05) is 10.8 Å². The molecule has 0 aliphatic rings. The van der Waals surface area contributed by atoms with Gasteiger partial charge in [-0.15, -0.1) is 0 Å². The minimum atomic E-state index is -4.12. The van der Waals surface area contributed by atoms with E-state index in [0.29, 0.717) is 27.2 Å². The highest BCUT2D eigenvalue weighted by atomic mass is 79.9. The van der Waals surface area contributed by atoms with Crippen LogP contribution in [0.15, 0.2) is 88.2 Å². The first-order chi connectivity index (χ1) is 18.6. The van der Waals surface area contributed by atoms with Crippen LogP contribution in [0.5, 0.6) is 0 Å². The second-order valence-electron chi connectivity index (χ2n) is 9.16. The van der Waals surface area contributed by atoms with Crippen LogP contribution in [-0.4, -0.2) is 43.8 Å². The van der Waals surface area contributed by atoms with Crippen LogP contribution in [0.3, 0.4) is 0 Å². The fraction of sp³-hybridized carbons (Fsp3) is 0.310. The predicted octanol–water partition coefficient (Wildman–Crippen LogP) is 6.02. The first-order valence-corrected chi connectivity index (χ1v) is 15.4. The summed E-state index contributed by atoms with van der Waals surface area (Å²) in [6, 6.07) is 20.9. The van der Waals surface area contributed by atoms with Gasteiger partial charge in [-0.2, -0.15) is 0 Å². The first kappa shape index (κ1) is 30.7. The van der Waals surface area contributed by atoms with Gasteiger partial charge in [-0.05, 0) is 61.7 Å². The fourth-order valence-corrected chi connectivity index (χ4v) is 6.06. The maximum absolute atomic E-state index is 14.1. The zero-order valence-corrected chi connectivity index (χ0v) is 25.3. The Bertz CT molecular complexity index is 1390. The molecule has 2 amide bonds. The zero-order chi connectivity index (χ0) is 28.6. The Labute approximate surface area is 244 Å². The van der Waals surface area contributed by atoms with Crippen molar-refractivity contribution in [3.63, 3.8) is 0 Å². The van der Waals surface area contributed by atoms with Crippen molar-refractivity contribution in [2.45, 2.75) is 57.1 Å². The SMILES string of the molecule is CCC(C)NC(=O)C(CC)N(Cc1ccccc1Cl)C(=O)CN(c1cccc(Br)c1)S(=O)(=O)c1ccccc1. The summed E-state index contributed by atoms with van der Waals surface area (Å²) in [6.45, 7) is 5.21. The molecule has 0 bridgehead atoms. The molecule has 10 heteroatoms. The van der Waals surface area contributed by atoms with Gasteiger partial charge in [0.15, 0.2) is 0 Å². The summed E-state index contributed by atoms with van der Waals surface area (Å²) in [5.41, 5.74) is 0.971. The van der Waals surface area contributed by atoms with Crippen molar-refractivity contribution >= 4 is 55.1 Å². The number of nitrogens with zero attached hydrogens (tertiary/aromatic N) is 2. The number of halogens is 2. The molecular formula is C29H33BrClN3O4S. The van der Waals surface area contributed by atoms with Crippen LogP contribution in [0.1, 0.15) is 39.2 Å². The van der Waals surface area contributed by atoms with Gasteiger partial charge in [0.1, 0.15) is 12.6 Å². The molecule has 7 nitrogen and oxygen atoms in total. The molecule has 0 spiro atoms. The zero-order valence-electron chi connectivity index (χ0n) is 22.2. The number of anilines is 1. The average Bonchev–Trinajstić information content (AvgIpc) is 2.92. The van der Waals surface area contributed by atoms with Crippen LogP contribution in [0, 0.1) is 0 Å². The molecule has 0 saturated heterocycles.